The Balaban J connectivity index is 1.91. The highest BCUT2D eigenvalue weighted by Crippen LogP contribution is 2.29. The Morgan fingerprint density at radius 2 is 2.00 bits per heavy atom. The van der Waals surface area contributed by atoms with Crippen molar-refractivity contribution in [1.82, 2.24) is 14.1 Å². The number of rotatable bonds is 4. The number of hydrogen-bond donors (Lipinski definition) is 1. The van der Waals surface area contributed by atoms with Crippen LogP contribution in [0.4, 0.5) is 0 Å². The summed E-state index contributed by atoms with van der Waals surface area (Å²) in [5.74, 6) is -1.64. The lowest BCUT2D eigenvalue weighted by atomic mass is 9.92. The Morgan fingerprint density at radius 3 is 2.67 bits per heavy atom. The van der Waals surface area contributed by atoms with E-state index in [4.69, 9.17) is 0 Å². The summed E-state index contributed by atoms with van der Waals surface area (Å²) in [6.45, 7) is 1.97. The lowest BCUT2D eigenvalue weighted by Gasteiger charge is -2.36. The fourth-order valence-electron chi connectivity index (χ4n) is 3.08. The highest BCUT2D eigenvalue weighted by atomic mass is 32.2. The normalized spacial score (nSPS) is 22.4. The molecule has 2 heterocycles. The molecule has 8 heteroatoms. The van der Waals surface area contributed by atoms with Gasteiger partial charge in [-0.3, -0.25) is 4.79 Å². The Labute approximate surface area is 140 Å². The maximum absolute atomic E-state index is 12.9. The number of piperidine rings is 1. The summed E-state index contributed by atoms with van der Waals surface area (Å²) in [6, 6.07) is 8.62. The third-order valence-corrected chi connectivity index (χ3v) is 6.37. The minimum Gasteiger partial charge on any atom is -0.481 e. The van der Waals surface area contributed by atoms with Gasteiger partial charge in [-0.15, -0.1) is 0 Å². The van der Waals surface area contributed by atoms with Gasteiger partial charge in [0.25, 0.3) is 0 Å². The van der Waals surface area contributed by atoms with E-state index in [9.17, 15) is 18.3 Å². The molecule has 0 spiro atoms. The Hall–Kier alpha value is -2.19. The lowest BCUT2D eigenvalue weighted by Crippen LogP contribution is -2.48. The summed E-state index contributed by atoms with van der Waals surface area (Å²) in [6.07, 6.45) is 3.79. The summed E-state index contributed by atoms with van der Waals surface area (Å²) in [5, 5.41) is 13.4. The van der Waals surface area contributed by atoms with Crippen molar-refractivity contribution >= 4 is 16.0 Å². The van der Waals surface area contributed by atoms with Gasteiger partial charge < -0.3 is 5.11 Å². The van der Waals surface area contributed by atoms with E-state index in [2.05, 4.69) is 5.10 Å². The van der Waals surface area contributed by atoms with E-state index in [1.165, 1.54) is 21.4 Å². The molecule has 0 saturated carbocycles. The zero-order valence-corrected chi connectivity index (χ0v) is 14.1. The first-order valence-corrected chi connectivity index (χ1v) is 9.20. The van der Waals surface area contributed by atoms with Gasteiger partial charge in [-0.1, -0.05) is 18.2 Å². The van der Waals surface area contributed by atoms with Gasteiger partial charge in [-0.2, -0.15) is 9.40 Å². The molecular formula is C16H19N3O4S. The topological polar surface area (TPSA) is 92.5 Å². The molecule has 1 aromatic heterocycles. The van der Waals surface area contributed by atoms with Crippen LogP contribution in [-0.4, -0.2) is 46.2 Å². The molecule has 7 nitrogen and oxygen atoms in total. The number of nitrogens with zero attached hydrogens (tertiary/aromatic N) is 3. The number of carboxylic acids is 1. The minimum absolute atomic E-state index is 0.0734. The zero-order chi connectivity index (χ0) is 17.3. The van der Waals surface area contributed by atoms with E-state index < -0.39 is 28.0 Å². The molecule has 0 aliphatic carbocycles. The molecule has 1 N–H and O–H groups in total. The van der Waals surface area contributed by atoms with Gasteiger partial charge in [-0.25, -0.2) is 13.1 Å². The first-order valence-electron chi connectivity index (χ1n) is 7.76. The third-order valence-electron chi connectivity index (χ3n) is 4.43. The average molecular weight is 349 g/mol. The summed E-state index contributed by atoms with van der Waals surface area (Å²) in [7, 11) is -3.78. The molecule has 2 atom stereocenters. The summed E-state index contributed by atoms with van der Waals surface area (Å²) in [4.78, 5) is 11.4. The van der Waals surface area contributed by atoms with Crippen LogP contribution in [-0.2, 0) is 14.8 Å². The fourth-order valence-corrected chi connectivity index (χ4v) is 4.72. The van der Waals surface area contributed by atoms with Crippen LogP contribution in [0.5, 0.6) is 0 Å². The minimum atomic E-state index is -3.78. The van der Waals surface area contributed by atoms with Crippen LogP contribution >= 0.6 is 0 Å². The van der Waals surface area contributed by atoms with Crippen molar-refractivity contribution in [3.05, 3.63) is 42.7 Å². The van der Waals surface area contributed by atoms with Crippen LogP contribution in [0.15, 0.2) is 47.6 Å². The SMILES string of the molecule is C[C@@H]1[C@H](C(=O)O)CCCN1S(=O)(=O)c1cnn(-c2ccccc2)c1. The van der Waals surface area contributed by atoms with E-state index in [0.717, 1.165) is 5.69 Å². The Bertz CT molecular complexity index is 832. The molecule has 0 bridgehead atoms. The first-order chi connectivity index (χ1) is 11.4. The molecule has 1 aromatic carbocycles. The van der Waals surface area contributed by atoms with Crippen LogP contribution in [0.2, 0.25) is 0 Å². The highest BCUT2D eigenvalue weighted by molar-refractivity contribution is 7.89. The van der Waals surface area contributed by atoms with Gasteiger partial charge in [0.2, 0.25) is 10.0 Å². The van der Waals surface area contributed by atoms with Gasteiger partial charge in [0.1, 0.15) is 4.90 Å². The summed E-state index contributed by atoms with van der Waals surface area (Å²) < 4.78 is 28.6. The van der Waals surface area contributed by atoms with Gasteiger partial charge in [0.15, 0.2) is 0 Å². The van der Waals surface area contributed by atoms with Crippen LogP contribution in [0.1, 0.15) is 19.8 Å². The second-order valence-corrected chi connectivity index (χ2v) is 7.79. The van der Waals surface area contributed by atoms with Crippen molar-refractivity contribution in [2.45, 2.75) is 30.7 Å². The van der Waals surface area contributed by atoms with Crippen molar-refractivity contribution in [2.24, 2.45) is 5.92 Å². The van der Waals surface area contributed by atoms with Gasteiger partial charge in [0.05, 0.1) is 24.0 Å². The molecule has 1 aliphatic rings. The number of carbonyl (C=O) groups is 1. The maximum atomic E-state index is 12.9. The number of carboxylic acid groups (broad SMARTS) is 1. The van der Waals surface area contributed by atoms with E-state index in [-0.39, 0.29) is 4.90 Å². The van der Waals surface area contributed by atoms with Crippen molar-refractivity contribution in [3.63, 3.8) is 0 Å². The van der Waals surface area contributed by atoms with E-state index in [1.807, 2.05) is 30.3 Å². The molecule has 1 saturated heterocycles. The monoisotopic (exact) mass is 349 g/mol. The number of aromatic nitrogens is 2. The van der Waals surface area contributed by atoms with Gasteiger partial charge in [0, 0.05) is 12.6 Å². The van der Waals surface area contributed by atoms with Crippen LogP contribution in [0.25, 0.3) is 5.69 Å². The van der Waals surface area contributed by atoms with E-state index in [1.54, 1.807) is 6.92 Å². The molecular weight excluding hydrogens is 330 g/mol. The quantitative estimate of drug-likeness (QED) is 0.908. The largest absolute Gasteiger partial charge is 0.481 e. The lowest BCUT2D eigenvalue weighted by molar-refractivity contribution is -0.144. The molecule has 2 aromatic rings. The molecule has 1 aliphatic heterocycles. The van der Waals surface area contributed by atoms with Crippen molar-refractivity contribution < 1.29 is 18.3 Å². The van der Waals surface area contributed by atoms with Crippen LogP contribution < -0.4 is 0 Å². The number of aliphatic carboxylic acids is 1. The smallest absolute Gasteiger partial charge is 0.308 e. The van der Waals surface area contributed by atoms with Gasteiger partial charge >= 0.3 is 5.97 Å². The first kappa shape index (κ1) is 16.7. The molecule has 0 unspecified atom stereocenters. The molecule has 0 radical (unpaired) electrons. The molecule has 3 rings (SSSR count). The Morgan fingerprint density at radius 1 is 1.29 bits per heavy atom. The second-order valence-electron chi connectivity index (χ2n) is 5.90. The number of para-hydroxylation sites is 1. The molecule has 24 heavy (non-hydrogen) atoms. The molecule has 128 valence electrons. The predicted octanol–water partition coefficient (Wildman–Crippen LogP) is 1.75. The van der Waals surface area contributed by atoms with E-state index >= 15 is 0 Å². The van der Waals surface area contributed by atoms with Crippen LogP contribution in [0, 0.1) is 5.92 Å². The number of hydrogen-bond acceptors (Lipinski definition) is 4. The third kappa shape index (κ3) is 2.94. The summed E-state index contributed by atoms with van der Waals surface area (Å²) in [5.41, 5.74) is 0.758. The van der Waals surface area contributed by atoms with Crippen molar-refractivity contribution in [3.8, 4) is 5.69 Å². The predicted molar refractivity (Wildman–Crippen MR) is 87.3 cm³/mol. The van der Waals surface area contributed by atoms with E-state index in [0.29, 0.717) is 19.4 Å². The van der Waals surface area contributed by atoms with Crippen molar-refractivity contribution in [2.75, 3.05) is 6.54 Å². The average Bonchev–Trinajstić information content (AvgIpc) is 3.06. The highest BCUT2D eigenvalue weighted by Gasteiger charge is 2.40. The standard InChI is InChI=1S/C16H19N3O4S/c1-12-15(16(20)21)8-5-9-19(12)24(22,23)14-10-17-18(11-14)13-6-3-2-4-7-13/h2-4,6-7,10-12,15H,5,8-9H2,1H3,(H,20,21)/t12-,15-/m1/s1. The number of benzene rings is 1. The van der Waals surface area contributed by atoms with Gasteiger partial charge in [-0.05, 0) is 31.9 Å². The van der Waals surface area contributed by atoms with Crippen molar-refractivity contribution in [1.29, 1.82) is 0 Å². The zero-order valence-electron chi connectivity index (χ0n) is 13.2. The van der Waals surface area contributed by atoms with Crippen LogP contribution in [0.3, 0.4) is 0 Å². The number of sulfonamides is 1. The summed E-state index contributed by atoms with van der Waals surface area (Å²) >= 11 is 0. The maximum Gasteiger partial charge on any atom is 0.308 e. The molecule has 1 fully saturated rings. The Kier molecular flexibility index (Phi) is 4.42. The molecule has 0 amide bonds. The fraction of sp³-hybridized carbons (Fsp3) is 0.375. The second kappa shape index (κ2) is 6.37.